The van der Waals surface area contributed by atoms with Gasteiger partial charge in [-0.15, -0.1) is 0 Å². The maximum atomic E-state index is 11.1. The van der Waals surface area contributed by atoms with E-state index >= 15 is 0 Å². The third-order valence-electron chi connectivity index (χ3n) is 1.82. The Hall–Kier alpha value is -1.79. The maximum absolute atomic E-state index is 11.1. The normalized spacial score (nSPS) is 9.20. The van der Waals surface area contributed by atoms with Gasteiger partial charge in [-0.3, -0.25) is 4.79 Å². The van der Waals surface area contributed by atoms with Crippen LogP contribution in [0.3, 0.4) is 0 Å². The largest absolute Gasteiger partial charge is 0.504 e. The van der Waals surface area contributed by atoms with Crippen LogP contribution in [0.4, 0.5) is 0 Å². The van der Waals surface area contributed by atoms with Gasteiger partial charge in [0.25, 0.3) is 0 Å². The molecule has 6 N–H and O–H groups in total. The Morgan fingerprint density at radius 3 is 2.47 bits per heavy atom. The summed E-state index contributed by atoms with van der Waals surface area (Å²) >= 11 is 0. The molecule has 0 aliphatic heterocycles. The summed E-state index contributed by atoms with van der Waals surface area (Å²) in [6, 6.07) is 2.74. The van der Waals surface area contributed by atoms with Crippen LogP contribution in [0, 0.1) is 0 Å². The van der Waals surface area contributed by atoms with Gasteiger partial charge in [-0.05, 0) is 12.1 Å². The van der Waals surface area contributed by atoms with E-state index < -0.39 is 17.3 Å². The summed E-state index contributed by atoms with van der Waals surface area (Å²) < 4.78 is 4.74. The highest BCUT2D eigenvalue weighted by Crippen LogP contribution is 2.37. The zero-order valence-electron chi connectivity index (χ0n) is 8.15. The van der Waals surface area contributed by atoms with Crippen LogP contribution in [0.1, 0.15) is 10.4 Å². The smallest absolute Gasteiger partial charge is 0.201 e. The number of hydrogen-bond donors (Lipinski definition) is 3. The molecule has 0 unspecified atom stereocenters. The molecule has 6 nitrogen and oxygen atoms in total. The first-order valence-corrected chi connectivity index (χ1v) is 3.94. The fraction of sp³-hybridized carbons (Fsp3) is 0.222. The van der Waals surface area contributed by atoms with Crippen molar-refractivity contribution in [3.05, 3.63) is 17.7 Å². The van der Waals surface area contributed by atoms with E-state index in [9.17, 15) is 15.0 Å². The first-order chi connectivity index (χ1) is 6.61. The van der Waals surface area contributed by atoms with Crippen molar-refractivity contribution in [2.45, 2.75) is 0 Å². The first kappa shape index (κ1) is 13.2. The Bertz CT molecular complexity index is 364. The van der Waals surface area contributed by atoms with Crippen LogP contribution >= 0.6 is 0 Å². The molecule has 0 fully saturated rings. The predicted molar refractivity (Wildman–Crippen MR) is 53.3 cm³/mol. The third-order valence-corrected chi connectivity index (χ3v) is 1.82. The fourth-order valence-electron chi connectivity index (χ4n) is 1.06. The van der Waals surface area contributed by atoms with E-state index in [2.05, 4.69) is 0 Å². The Morgan fingerprint density at radius 2 is 2.00 bits per heavy atom. The zero-order chi connectivity index (χ0) is 10.7. The number of aromatic hydroxyl groups is 2. The van der Waals surface area contributed by atoms with Gasteiger partial charge in [-0.2, -0.15) is 0 Å². The lowest BCUT2D eigenvalue weighted by Crippen LogP contribution is -2.13. The minimum atomic E-state index is -0.500. The quantitative estimate of drug-likeness (QED) is 0.459. The number of ketones is 1. The predicted octanol–water partition coefficient (Wildman–Crippen LogP) is -0.577. The van der Waals surface area contributed by atoms with Crippen molar-refractivity contribution in [3.63, 3.8) is 0 Å². The number of benzene rings is 1. The number of rotatable bonds is 3. The number of methoxy groups -OCH3 is 1. The van der Waals surface area contributed by atoms with Crippen LogP contribution in [0.25, 0.3) is 0 Å². The highest BCUT2D eigenvalue weighted by molar-refractivity contribution is 6.00. The highest BCUT2D eigenvalue weighted by atomic mass is 16.5. The molecule has 0 aromatic heterocycles. The van der Waals surface area contributed by atoms with Crippen molar-refractivity contribution >= 4 is 5.78 Å². The second-order valence-corrected chi connectivity index (χ2v) is 2.64. The second-order valence-electron chi connectivity index (χ2n) is 2.64. The van der Waals surface area contributed by atoms with Gasteiger partial charge in [0.1, 0.15) is 0 Å². The fourth-order valence-corrected chi connectivity index (χ4v) is 1.06. The van der Waals surface area contributed by atoms with Crippen molar-refractivity contribution in [2.24, 2.45) is 5.73 Å². The van der Waals surface area contributed by atoms with Gasteiger partial charge in [-0.1, -0.05) is 0 Å². The Balaban J connectivity index is 0.00000196. The minimum absolute atomic E-state index is 0. The van der Waals surface area contributed by atoms with Gasteiger partial charge in [0, 0.05) is 0 Å². The molecule has 0 saturated heterocycles. The van der Waals surface area contributed by atoms with Gasteiger partial charge < -0.3 is 26.2 Å². The molecule has 15 heavy (non-hydrogen) atoms. The molecule has 0 atom stereocenters. The van der Waals surface area contributed by atoms with Gasteiger partial charge in [-0.25, -0.2) is 0 Å². The third kappa shape index (κ3) is 2.36. The van der Waals surface area contributed by atoms with Crippen LogP contribution in [-0.4, -0.2) is 35.1 Å². The summed E-state index contributed by atoms with van der Waals surface area (Å²) in [5.74, 6) is -1.29. The number of carbonyl (C=O) groups excluding carboxylic acids is 1. The number of Topliss-reactive ketones (excluding diaryl/α,β-unsaturated/α-hetero) is 1. The molecule has 1 aromatic rings. The molecule has 0 heterocycles. The van der Waals surface area contributed by atoms with E-state index in [0.717, 1.165) is 0 Å². The van der Waals surface area contributed by atoms with Gasteiger partial charge >= 0.3 is 0 Å². The molecular formula is C9H13NO5. The van der Waals surface area contributed by atoms with Crippen molar-refractivity contribution in [2.75, 3.05) is 13.7 Å². The number of hydrogen-bond acceptors (Lipinski definition) is 5. The Morgan fingerprint density at radius 1 is 1.40 bits per heavy atom. The molecule has 6 heteroatoms. The molecule has 0 spiro atoms. The zero-order valence-corrected chi connectivity index (χ0v) is 8.15. The monoisotopic (exact) mass is 215 g/mol. The van der Waals surface area contributed by atoms with Crippen LogP contribution in [-0.2, 0) is 0 Å². The molecule has 0 aliphatic rings. The number of nitrogens with two attached hydrogens (primary N) is 1. The highest BCUT2D eigenvalue weighted by Gasteiger charge is 2.16. The van der Waals surface area contributed by atoms with E-state index in [-0.39, 0.29) is 23.3 Å². The average molecular weight is 215 g/mol. The molecular weight excluding hydrogens is 202 g/mol. The van der Waals surface area contributed by atoms with Crippen molar-refractivity contribution in [1.82, 2.24) is 0 Å². The first-order valence-electron chi connectivity index (χ1n) is 3.94. The molecule has 0 bridgehead atoms. The van der Waals surface area contributed by atoms with Crippen LogP contribution in [0.2, 0.25) is 0 Å². The lowest BCUT2D eigenvalue weighted by atomic mass is 10.1. The van der Waals surface area contributed by atoms with Crippen LogP contribution in [0.5, 0.6) is 17.2 Å². The molecule has 1 rings (SSSR count). The molecule has 0 aliphatic carbocycles. The number of carbonyl (C=O) groups is 1. The molecule has 0 radical (unpaired) electrons. The minimum Gasteiger partial charge on any atom is -0.504 e. The van der Waals surface area contributed by atoms with E-state index in [1.165, 1.54) is 19.2 Å². The Labute approximate surface area is 86.2 Å². The number of phenols is 2. The summed E-state index contributed by atoms with van der Waals surface area (Å²) in [6.07, 6.45) is 0. The number of ether oxygens (including phenoxy) is 1. The molecule has 0 saturated carbocycles. The van der Waals surface area contributed by atoms with Gasteiger partial charge in [0.2, 0.25) is 5.75 Å². The summed E-state index contributed by atoms with van der Waals surface area (Å²) in [5.41, 5.74) is 5.11. The van der Waals surface area contributed by atoms with E-state index in [0.29, 0.717) is 0 Å². The Kier molecular flexibility index (Phi) is 4.56. The van der Waals surface area contributed by atoms with Gasteiger partial charge in [0.05, 0.1) is 19.2 Å². The summed E-state index contributed by atoms with van der Waals surface area (Å²) in [5, 5.41) is 18.8. The lowest BCUT2D eigenvalue weighted by Gasteiger charge is -2.07. The summed E-state index contributed by atoms with van der Waals surface area (Å²) in [6.45, 7) is -0.223. The lowest BCUT2D eigenvalue weighted by molar-refractivity contribution is 0.0998. The van der Waals surface area contributed by atoms with Crippen molar-refractivity contribution in [1.29, 1.82) is 0 Å². The van der Waals surface area contributed by atoms with E-state index in [1.54, 1.807) is 0 Å². The topological polar surface area (TPSA) is 124 Å². The number of phenolic OH excluding ortho intramolecular Hbond substituents is 2. The van der Waals surface area contributed by atoms with Crippen LogP contribution < -0.4 is 10.5 Å². The van der Waals surface area contributed by atoms with Gasteiger partial charge in [0.15, 0.2) is 17.3 Å². The summed E-state index contributed by atoms with van der Waals surface area (Å²) in [7, 11) is 1.35. The SMILES string of the molecule is COc1ccc(C(=O)CN)c(O)c1O.O. The van der Waals surface area contributed by atoms with E-state index in [1.807, 2.05) is 0 Å². The standard InChI is InChI=1S/C9H11NO4.H2O/c1-14-7-3-2-5(6(11)4-10)8(12)9(7)13;/h2-3,12-13H,4,10H2,1H3;1H2. The average Bonchev–Trinajstić information content (AvgIpc) is 2.21. The molecule has 84 valence electrons. The van der Waals surface area contributed by atoms with E-state index in [4.69, 9.17) is 10.5 Å². The molecule has 0 amide bonds. The molecule has 1 aromatic carbocycles. The second kappa shape index (κ2) is 5.18. The maximum Gasteiger partial charge on any atom is 0.201 e. The van der Waals surface area contributed by atoms with Crippen LogP contribution in [0.15, 0.2) is 12.1 Å². The van der Waals surface area contributed by atoms with Crippen molar-refractivity contribution in [3.8, 4) is 17.2 Å². The van der Waals surface area contributed by atoms with Crippen molar-refractivity contribution < 1.29 is 25.2 Å². The summed E-state index contributed by atoms with van der Waals surface area (Å²) in [4.78, 5) is 11.1.